The number of carbonyl (C=O) groups excluding carboxylic acids is 2. The highest BCUT2D eigenvalue weighted by Crippen LogP contribution is 2.42. The molecule has 0 saturated carbocycles. The fourth-order valence-electron chi connectivity index (χ4n) is 2.57. The van der Waals surface area contributed by atoms with Gasteiger partial charge in [0.1, 0.15) is 5.41 Å². The molecule has 1 rings (SSSR count). The molecule has 1 unspecified atom stereocenters. The second-order valence-corrected chi connectivity index (χ2v) is 7.13. The fraction of sp³-hybridized carbons (Fsp3) is 0.875. The molecule has 1 aliphatic rings. The Morgan fingerprint density at radius 2 is 1.72 bits per heavy atom. The molecule has 0 spiro atoms. The van der Waals surface area contributed by atoms with Gasteiger partial charge >= 0.3 is 7.82 Å². The first-order valence-corrected chi connectivity index (χ1v) is 10.2. The van der Waals surface area contributed by atoms with E-state index in [1.54, 1.807) is 6.92 Å². The molecule has 0 bridgehead atoms. The molecule has 0 aromatic heterocycles. The summed E-state index contributed by atoms with van der Waals surface area (Å²) in [6, 6.07) is 0. The van der Waals surface area contributed by atoms with Crippen molar-refractivity contribution in [3.8, 4) is 0 Å². The van der Waals surface area contributed by atoms with Crippen molar-refractivity contribution in [2.75, 3.05) is 33.0 Å². The van der Waals surface area contributed by atoms with Gasteiger partial charge in [0.25, 0.3) is 0 Å². The third kappa shape index (κ3) is 7.54. The third-order valence-electron chi connectivity index (χ3n) is 4.11. The number of amides is 1. The summed E-state index contributed by atoms with van der Waals surface area (Å²) < 4.78 is 24.7. The molecule has 9 heteroatoms. The summed E-state index contributed by atoms with van der Waals surface area (Å²) in [7, 11) is -3.81. The highest BCUT2D eigenvalue weighted by molar-refractivity contribution is 7.47. The lowest BCUT2D eigenvalue weighted by atomic mass is 9.71. The van der Waals surface area contributed by atoms with Crippen LogP contribution < -0.4 is 5.32 Å². The molecule has 0 aliphatic carbocycles. The van der Waals surface area contributed by atoms with Crippen molar-refractivity contribution in [2.24, 2.45) is 11.3 Å². The third-order valence-corrected chi connectivity index (χ3v) is 5.20. The maximum Gasteiger partial charge on any atom is 0.472 e. The summed E-state index contributed by atoms with van der Waals surface area (Å²) in [6.45, 7) is 10.7. The van der Waals surface area contributed by atoms with Crippen LogP contribution in [0.25, 0.3) is 0 Å². The molecule has 0 aromatic carbocycles. The number of phosphoric ester groups is 1. The topological polar surface area (TPSA) is 111 Å². The van der Waals surface area contributed by atoms with Gasteiger partial charge in [0.15, 0.2) is 5.78 Å². The summed E-state index contributed by atoms with van der Waals surface area (Å²) in [5, 5.41) is 2.80. The Balaban J connectivity index is 0.000000463. The highest BCUT2D eigenvalue weighted by atomic mass is 31.2. The van der Waals surface area contributed by atoms with Gasteiger partial charge in [-0.1, -0.05) is 20.8 Å². The summed E-state index contributed by atoms with van der Waals surface area (Å²) in [6.07, 6.45) is 1.22. The summed E-state index contributed by atoms with van der Waals surface area (Å²) in [5.41, 5.74) is -0.738. The molecule has 2 N–H and O–H groups in total. The molecule has 2 atom stereocenters. The first-order valence-electron chi connectivity index (χ1n) is 8.72. The van der Waals surface area contributed by atoms with E-state index >= 15 is 0 Å². The van der Waals surface area contributed by atoms with Gasteiger partial charge in [-0.15, -0.1) is 0 Å². The minimum absolute atomic E-state index is 0.0300. The van der Waals surface area contributed by atoms with Gasteiger partial charge in [-0.05, 0) is 26.7 Å². The molecule has 1 saturated heterocycles. The number of nitrogens with one attached hydrogen (secondary N) is 1. The molecule has 0 aromatic rings. The van der Waals surface area contributed by atoms with Crippen LogP contribution in [0.1, 0.15) is 47.5 Å². The van der Waals surface area contributed by atoms with Crippen molar-refractivity contribution in [3.05, 3.63) is 0 Å². The van der Waals surface area contributed by atoms with Crippen LogP contribution in [-0.4, -0.2) is 49.6 Å². The maximum atomic E-state index is 11.9. The Bertz CT molecular complexity index is 465. The zero-order valence-electron chi connectivity index (χ0n) is 15.9. The van der Waals surface area contributed by atoms with Gasteiger partial charge in [0.2, 0.25) is 5.91 Å². The summed E-state index contributed by atoms with van der Waals surface area (Å²) >= 11 is 0. The van der Waals surface area contributed by atoms with Gasteiger partial charge in [-0.2, -0.15) is 0 Å². The van der Waals surface area contributed by atoms with Crippen molar-refractivity contribution in [3.63, 3.8) is 0 Å². The average molecular weight is 381 g/mol. The van der Waals surface area contributed by atoms with E-state index in [1.165, 1.54) is 0 Å². The number of rotatable bonds is 9. The smallest absolute Gasteiger partial charge is 0.379 e. The van der Waals surface area contributed by atoms with Crippen molar-refractivity contribution >= 4 is 19.5 Å². The monoisotopic (exact) mass is 381 g/mol. The Labute approximate surface area is 150 Å². The van der Waals surface area contributed by atoms with E-state index < -0.39 is 13.2 Å². The second-order valence-electron chi connectivity index (χ2n) is 5.68. The first-order chi connectivity index (χ1) is 11.7. The molecule has 8 nitrogen and oxygen atoms in total. The van der Waals surface area contributed by atoms with Crippen molar-refractivity contribution in [1.29, 1.82) is 0 Å². The lowest BCUT2D eigenvalue weighted by Gasteiger charge is -2.35. The number of ether oxygens (including phenoxy) is 1. The van der Waals surface area contributed by atoms with E-state index in [1.807, 2.05) is 27.7 Å². The molecular weight excluding hydrogens is 349 g/mol. The Hall–Kier alpha value is -0.790. The Morgan fingerprint density at radius 1 is 1.12 bits per heavy atom. The minimum Gasteiger partial charge on any atom is -0.379 e. The van der Waals surface area contributed by atoms with Crippen LogP contribution in [0.5, 0.6) is 0 Å². The van der Waals surface area contributed by atoms with Gasteiger partial charge in [0.05, 0.1) is 19.8 Å². The number of hydrogen-bond acceptors (Lipinski definition) is 6. The number of piperidine rings is 1. The second kappa shape index (κ2) is 11.8. The normalized spacial score (nSPS) is 21.8. The molecule has 0 radical (unpaired) electrons. The SMILES string of the molecule is CCC1(CC)C(=O)NC[C@@H](C)C1=O.CCOCCOP(=O)(O)OCC. The molecule has 1 heterocycles. The molecule has 25 heavy (non-hydrogen) atoms. The van der Waals surface area contributed by atoms with Gasteiger partial charge < -0.3 is 14.9 Å². The van der Waals surface area contributed by atoms with Gasteiger partial charge in [-0.3, -0.25) is 18.6 Å². The summed E-state index contributed by atoms with van der Waals surface area (Å²) in [4.78, 5) is 32.3. The maximum absolute atomic E-state index is 11.9. The van der Waals surface area contributed by atoms with Crippen LogP contribution in [0.2, 0.25) is 0 Å². The number of hydrogen-bond donors (Lipinski definition) is 2. The van der Waals surface area contributed by atoms with E-state index in [4.69, 9.17) is 9.63 Å². The Morgan fingerprint density at radius 3 is 2.16 bits per heavy atom. The lowest BCUT2D eigenvalue weighted by molar-refractivity contribution is -0.148. The lowest BCUT2D eigenvalue weighted by Crippen LogP contribution is -2.55. The molecular formula is C16H32NO7P. The van der Waals surface area contributed by atoms with Gasteiger partial charge in [0, 0.05) is 19.1 Å². The standard InChI is InChI=1S/C10H17NO2.C6H15O5P/c1-4-10(5-2)8(12)7(3)6-11-9(10)13;1-3-9-5-6-11-12(7,8)10-4-2/h7H,4-6H2,1-3H3,(H,11,13);3-6H2,1-2H3,(H,7,8)/t7-;/m1./s1. The van der Waals surface area contributed by atoms with Crippen molar-refractivity contribution in [1.82, 2.24) is 5.32 Å². The van der Waals surface area contributed by atoms with Crippen LogP contribution in [0.15, 0.2) is 0 Å². The predicted octanol–water partition coefficient (Wildman–Crippen LogP) is 2.30. The zero-order valence-corrected chi connectivity index (χ0v) is 16.8. The molecule has 1 aliphatic heterocycles. The molecule has 1 fully saturated rings. The van der Waals surface area contributed by atoms with Crippen LogP contribution in [0.4, 0.5) is 0 Å². The first kappa shape index (κ1) is 24.2. The molecule has 1 amide bonds. The Kier molecular flexibility index (Phi) is 11.4. The van der Waals surface area contributed by atoms with E-state index in [2.05, 4.69) is 14.4 Å². The number of phosphoric acid groups is 1. The van der Waals surface area contributed by atoms with E-state index in [0.717, 1.165) is 0 Å². The summed E-state index contributed by atoms with van der Waals surface area (Å²) in [5.74, 6) is -0.000509. The fourth-order valence-corrected chi connectivity index (χ4v) is 3.27. The van der Waals surface area contributed by atoms with Crippen molar-refractivity contribution < 1.29 is 32.8 Å². The predicted molar refractivity (Wildman–Crippen MR) is 94.1 cm³/mol. The van der Waals surface area contributed by atoms with Gasteiger partial charge in [-0.25, -0.2) is 4.57 Å². The van der Waals surface area contributed by atoms with Crippen LogP contribution in [0.3, 0.4) is 0 Å². The number of carbonyl (C=O) groups is 2. The van der Waals surface area contributed by atoms with Crippen molar-refractivity contribution in [2.45, 2.75) is 47.5 Å². The molecule has 148 valence electrons. The zero-order chi connectivity index (χ0) is 19.5. The van der Waals surface area contributed by atoms with Crippen LogP contribution in [0, 0.1) is 11.3 Å². The minimum atomic E-state index is -3.81. The highest BCUT2D eigenvalue weighted by Gasteiger charge is 2.47. The van der Waals surface area contributed by atoms with E-state index in [9.17, 15) is 14.2 Å². The number of Topliss-reactive ketones (excluding diaryl/α,β-unsaturated/α-hetero) is 1. The number of ketones is 1. The average Bonchev–Trinajstić information content (AvgIpc) is 2.57. The van der Waals surface area contributed by atoms with E-state index in [-0.39, 0.29) is 30.8 Å². The van der Waals surface area contributed by atoms with Crippen LogP contribution >= 0.6 is 7.82 Å². The largest absolute Gasteiger partial charge is 0.472 e. The quantitative estimate of drug-likeness (QED) is 0.358. The van der Waals surface area contributed by atoms with Crippen LogP contribution in [-0.2, 0) is 27.9 Å². The van der Waals surface area contributed by atoms with E-state index in [0.29, 0.717) is 32.6 Å².